The van der Waals surface area contributed by atoms with E-state index in [1.54, 1.807) is 6.07 Å². The summed E-state index contributed by atoms with van der Waals surface area (Å²) in [6.07, 6.45) is 0. The van der Waals surface area contributed by atoms with E-state index in [1.807, 2.05) is 5.38 Å². The van der Waals surface area contributed by atoms with Crippen LogP contribution in [-0.2, 0) is 11.3 Å². The van der Waals surface area contributed by atoms with Gasteiger partial charge in [0.2, 0.25) is 5.91 Å². The van der Waals surface area contributed by atoms with Crippen LogP contribution in [0.25, 0.3) is 0 Å². The number of aromatic carboxylic acids is 1. The minimum absolute atomic E-state index is 0.00663. The standard InChI is InChI=1S/C14H13FN2O3S/c1-8(18)17-11-4-5-21-13(11)7-16-12-6-9(14(19)20)2-3-10(12)15/h2-6,16H,7H2,1H3,(H,17,18)(H,19,20). The predicted octanol–water partition coefficient (Wildman–Crippen LogP) is 3.16. The number of nitrogens with one attached hydrogen (secondary N) is 2. The molecular weight excluding hydrogens is 295 g/mol. The number of hydrogen-bond donors (Lipinski definition) is 3. The topological polar surface area (TPSA) is 78.4 Å². The molecule has 2 aromatic rings. The highest BCUT2D eigenvalue weighted by Gasteiger charge is 2.10. The number of halogens is 1. The zero-order valence-corrected chi connectivity index (χ0v) is 12.0. The average molecular weight is 308 g/mol. The number of hydrogen-bond acceptors (Lipinski definition) is 4. The van der Waals surface area contributed by atoms with Gasteiger partial charge in [-0.15, -0.1) is 11.3 Å². The lowest BCUT2D eigenvalue weighted by Gasteiger charge is -2.09. The molecule has 0 aliphatic carbocycles. The van der Waals surface area contributed by atoms with E-state index < -0.39 is 11.8 Å². The second kappa shape index (κ2) is 6.36. The summed E-state index contributed by atoms with van der Waals surface area (Å²) in [5, 5.41) is 16.2. The zero-order chi connectivity index (χ0) is 15.4. The molecular formula is C14H13FN2O3S. The predicted molar refractivity (Wildman–Crippen MR) is 79.3 cm³/mol. The van der Waals surface area contributed by atoms with Gasteiger partial charge in [0, 0.05) is 11.8 Å². The maximum Gasteiger partial charge on any atom is 0.335 e. The first-order valence-electron chi connectivity index (χ1n) is 6.08. The van der Waals surface area contributed by atoms with Crippen LogP contribution in [0, 0.1) is 5.82 Å². The van der Waals surface area contributed by atoms with Gasteiger partial charge < -0.3 is 15.7 Å². The van der Waals surface area contributed by atoms with E-state index in [1.165, 1.54) is 30.4 Å². The van der Waals surface area contributed by atoms with Crippen LogP contribution in [0.2, 0.25) is 0 Å². The number of carboxylic acid groups (broad SMARTS) is 1. The minimum Gasteiger partial charge on any atom is -0.478 e. The number of carbonyl (C=O) groups excluding carboxylic acids is 1. The van der Waals surface area contributed by atoms with E-state index in [4.69, 9.17) is 5.11 Å². The number of carbonyl (C=O) groups is 2. The number of amides is 1. The van der Waals surface area contributed by atoms with Gasteiger partial charge in [-0.3, -0.25) is 4.79 Å². The summed E-state index contributed by atoms with van der Waals surface area (Å²) in [6, 6.07) is 5.31. The molecule has 3 N–H and O–H groups in total. The SMILES string of the molecule is CC(=O)Nc1ccsc1CNc1cc(C(=O)O)ccc1F. The van der Waals surface area contributed by atoms with Gasteiger partial charge in [0.1, 0.15) is 5.82 Å². The number of benzene rings is 1. The molecule has 0 unspecified atom stereocenters. The fraction of sp³-hybridized carbons (Fsp3) is 0.143. The molecule has 0 aliphatic heterocycles. The van der Waals surface area contributed by atoms with Gasteiger partial charge in [-0.05, 0) is 29.6 Å². The maximum atomic E-state index is 13.7. The molecule has 0 spiro atoms. The number of rotatable bonds is 5. The van der Waals surface area contributed by atoms with Crippen molar-refractivity contribution in [2.24, 2.45) is 0 Å². The number of carboxylic acids is 1. The van der Waals surface area contributed by atoms with Gasteiger partial charge in [-0.2, -0.15) is 0 Å². The molecule has 0 bridgehead atoms. The van der Waals surface area contributed by atoms with Crippen LogP contribution < -0.4 is 10.6 Å². The molecule has 1 aromatic carbocycles. The van der Waals surface area contributed by atoms with Gasteiger partial charge in [-0.1, -0.05) is 0 Å². The molecule has 2 rings (SSSR count). The Morgan fingerprint density at radius 3 is 2.71 bits per heavy atom. The van der Waals surface area contributed by atoms with Gasteiger partial charge in [-0.25, -0.2) is 9.18 Å². The summed E-state index contributed by atoms with van der Waals surface area (Å²) in [5.74, 6) is -1.83. The highest BCUT2D eigenvalue weighted by atomic mass is 32.1. The van der Waals surface area contributed by atoms with Crippen LogP contribution in [0.3, 0.4) is 0 Å². The summed E-state index contributed by atoms with van der Waals surface area (Å²) >= 11 is 1.41. The second-order valence-corrected chi connectivity index (χ2v) is 5.29. The summed E-state index contributed by atoms with van der Waals surface area (Å²) in [6.45, 7) is 1.69. The van der Waals surface area contributed by atoms with Crippen LogP contribution in [0.4, 0.5) is 15.8 Å². The van der Waals surface area contributed by atoms with Crippen molar-refractivity contribution < 1.29 is 19.1 Å². The van der Waals surface area contributed by atoms with Crippen molar-refractivity contribution in [3.63, 3.8) is 0 Å². The highest BCUT2D eigenvalue weighted by molar-refractivity contribution is 7.10. The summed E-state index contributed by atoms with van der Waals surface area (Å²) in [4.78, 5) is 22.8. The van der Waals surface area contributed by atoms with Crippen molar-refractivity contribution in [3.8, 4) is 0 Å². The number of thiophene rings is 1. The molecule has 0 radical (unpaired) electrons. The Kier molecular flexibility index (Phi) is 4.54. The first-order chi connectivity index (χ1) is 9.97. The molecule has 0 fully saturated rings. The third-order valence-electron chi connectivity index (χ3n) is 2.71. The van der Waals surface area contributed by atoms with E-state index in [0.29, 0.717) is 5.69 Å². The molecule has 1 heterocycles. The fourth-order valence-corrected chi connectivity index (χ4v) is 2.52. The molecule has 1 amide bonds. The minimum atomic E-state index is -1.12. The van der Waals surface area contributed by atoms with Gasteiger partial charge in [0.25, 0.3) is 0 Å². The van der Waals surface area contributed by atoms with Crippen LogP contribution in [-0.4, -0.2) is 17.0 Å². The van der Waals surface area contributed by atoms with Crippen molar-refractivity contribution in [1.82, 2.24) is 0 Å². The zero-order valence-electron chi connectivity index (χ0n) is 11.1. The van der Waals surface area contributed by atoms with Gasteiger partial charge in [0.15, 0.2) is 0 Å². The van der Waals surface area contributed by atoms with Crippen molar-refractivity contribution in [2.75, 3.05) is 10.6 Å². The Hall–Kier alpha value is -2.41. The molecule has 0 aliphatic rings. The summed E-state index contributed by atoms with van der Waals surface area (Å²) in [5.41, 5.74) is 0.777. The summed E-state index contributed by atoms with van der Waals surface area (Å²) in [7, 11) is 0. The second-order valence-electron chi connectivity index (χ2n) is 4.29. The average Bonchev–Trinajstić information content (AvgIpc) is 2.84. The van der Waals surface area contributed by atoms with Gasteiger partial charge >= 0.3 is 5.97 Å². The van der Waals surface area contributed by atoms with E-state index in [0.717, 1.165) is 10.9 Å². The van der Waals surface area contributed by atoms with Crippen LogP contribution in [0.5, 0.6) is 0 Å². The Labute approximate surface area is 124 Å². The third kappa shape index (κ3) is 3.79. The first kappa shape index (κ1) is 15.0. The van der Waals surface area contributed by atoms with Crippen molar-refractivity contribution in [2.45, 2.75) is 13.5 Å². The Bertz CT molecular complexity index is 685. The fourth-order valence-electron chi connectivity index (χ4n) is 1.75. The number of anilines is 2. The van der Waals surface area contributed by atoms with Crippen LogP contribution in [0.1, 0.15) is 22.2 Å². The van der Waals surface area contributed by atoms with E-state index in [-0.39, 0.29) is 23.7 Å². The van der Waals surface area contributed by atoms with Crippen molar-refractivity contribution in [3.05, 3.63) is 45.9 Å². The normalized spacial score (nSPS) is 10.2. The lowest BCUT2D eigenvalue weighted by molar-refractivity contribution is -0.114. The van der Waals surface area contributed by atoms with E-state index >= 15 is 0 Å². The Morgan fingerprint density at radius 2 is 2.05 bits per heavy atom. The molecule has 7 heteroatoms. The largest absolute Gasteiger partial charge is 0.478 e. The lowest BCUT2D eigenvalue weighted by atomic mass is 10.2. The quantitative estimate of drug-likeness (QED) is 0.793. The molecule has 110 valence electrons. The van der Waals surface area contributed by atoms with Crippen molar-refractivity contribution >= 4 is 34.6 Å². The van der Waals surface area contributed by atoms with Gasteiger partial charge in [0.05, 0.1) is 23.5 Å². The Morgan fingerprint density at radius 1 is 1.29 bits per heavy atom. The van der Waals surface area contributed by atoms with E-state index in [9.17, 15) is 14.0 Å². The molecule has 5 nitrogen and oxygen atoms in total. The molecule has 1 aromatic heterocycles. The molecule has 0 saturated heterocycles. The Balaban J connectivity index is 2.13. The smallest absolute Gasteiger partial charge is 0.335 e. The van der Waals surface area contributed by atoms with E-state index in [2.05, 4.69) is 10.6 Å². The van der Waals surface area contributed by atoms with Crippen LogP contribution >= 0.6 is 11.3 Å². The molecule has 21 heavy (non-hydrogen) atoms. The monoisotopic (exact) mass is 308 g/mol. The lowest BCUT2D eigenvalue weighted by Crippen LogP contribution is -2.09. The highest BCUT2D eigenvalue weighted by Crippen LogP contribution is 2.24. The molecule has 0 saturated carbocycles. The third-order valence-corrected chi connectivity index (χ3v) is 3.63. The maximum absolute atomic E-state index is 13.7. The van der Waals surface area contributed by atoms with Crippen LogP contribution in [0.15, 0.2) is 29.6 Å². The first-order valence-corrected chi connectivity index (χ1v) is 6.96. The van der Waals surface area contributed by atoms with Crippen molar-refractivity contribution in [1.29, 1.82) is 0 Å². The molecule has 0 atom stereocenters. The summed E-state index contributed by atoms with van der Waals surface area (Å²) < 4.78 is 13.7.